The van der Waals surface area contributed by atoms with Crippen molar-refractivity contribution in [3.63, 3.8) is 0 Å². The molecule has 0 radical (unpaired) electrons. The molecule has 4 rings (SSSR count). The molecule has 2 aromatic carbocycles. The van der Waals surface area contributed by atoms with Gasteiger partial charge in [-0.3, -0.25) is 0 Å². The summed E-state index contributed by atoms with van der Waals surface area (Å²) in [6.07, 6.45) is 6.63. The van der Waals surface area contributed by atoms with E-state index in [1.807, 2.05) is 23.9 Å². The number of aromatic amines is 1. The van der Waals surface area contributed by atoms with Gasteiger partial charge in [0.2, 0.25) is 0 Å². The minimum atomic E-state index is 0.327. The smallest absolute Gasteiger partial charge is 0.115 e. The van der Waals surface area contributed by atoms with Crippen molar-refractivity contribution in [3.8, 4) is 5.75 Å². The average Bonchev–Trinajstić information content (AvgIpc) is 3.09. The highest BCUT2D eigenvalue weighted by atomic mass is 32.2. The molecule has 2 heterocycles. The first-order valence-corrected chi connectivity index (χ1v) is 10.3. The Balaban J connectivity index is 1.27. The van der Waals surface area contributed by atoms with E-state index < -0.39 is 0 Å². The monoisotopic (exact) mass is 364 g/mol. The first kappa shape index (κ1) is 17.3. The number of thioether (sulfide) groups is 1. The van der Waals surface area contributed by atoms with Crippen LogP contribution in [0.4, 0.5) is 0 Å². The fourth-order valence-corrected chi connectivity index (χ4v) is 4.60. The Labute approximate surface area is 158 Å². The zero-order chi connectivity index (χ0) is 17.8. The van der Waals surface area contributed by atoms with Crippen molar-refractivity contribution in [2.24, 2.45) is 0 Å². The minimum absolute atomic E-state index is 0.327. The van der Waals surface area contributed by atoms with Crippen molar-refractivity contribution in [3.05, 3.63) is 71.9 Å². The number of H-pyrrole nitrogens is 1. The fourth-order valence-electron chi connectivity index (χ4n) is 3.54. The maximum absolute atomic E-state index is 9.46. The number of para-hydroxylation sites is 1. The number of benzene rings is 2. The number of phenols is 1. The van der Waals surface area contributed by atoms with Crippen LogP contribution in [0.25, 0.3) is 16.5 Å². The first-order valence-electron chi connectivity index (χ1n) is 9.14. The van der Waals surface area contributed by atoms with E-state index in [0.717, 1.165) is 24.5 Å². The molecular weight excluding hydrogens is 340 g/mol. The highest BCUT2D eigenvalue weighted by Crippen LogP contribution is 2.27. The second-order valence-corrected chi connectivity index (χ2v) is 7.89. The Morgan fingerprint density at radius 2 is 1.92 bits per heavy atom. The maximum atomic E-state index is 9.46. The summed E-state index contributed by atoms with van der Waals surface area (Å²) in [5.41, 5.74) is 5.23. The summed E-state index contributed by atoms with van der Waals surface area (Å²) >= 11 is 2.01. The zero-order valence-corrected chi connectivity index (χ0v) is 15.6. The standard InChI is InChI=1S/C22H24N2OS/c25-20-7-5-16(6-8-20)17-9-11-23-19(13-17)10-12-26-15-18-14-24-22-4-2-1-3-21(18)22/h1-9,14,19,23-25H,10-13,15H2. The van der Waals surface area contributed by atoms with E-state index in [1.54, 1.807) is 12.1 Å². The molecule has 3 nitrogen and oxygen atoms in total. The van der Waals surface area contributed by atoms with E-state index in [0.29, 0.717) is 11.8 Å². The molecule has 0 bridgehead atoms. The topological polar surface area (TPSA) is 48.0 Å². The summed E-state index contributed by atoms with van der Waals surface area (Å²) in [7, 11) is 0. The van der Waals surface area contributed by atoms with Crippen LogP contribution in [0.1, 0.15) is 24.0 Å². The minimum Gasteiger partial charge on any atom is -0.508 e. The molecule has 0 saturated carbocycles. The van der Waals surface area contributed by atoms with Crippen molar-refractivity contribution in [2.75, 3.05) is 12.3 Å². The predicted molar refractivity (Wildman–Crippen MR) is 112 cm³/mol. The highest BCUT2D eigenvalue weighted by Gasteiger charge is 2.16. The molecule has 1 aliphatic heterocycles. The van der Waals surface area contributed by atoms with E-state index in [-0.39, 0.29) is 0 Å². The van der Waals surface area contributed by atoms with Gasteiger partial charge in [-0.15, -0.1) is 0 Å². The molecule has 0 aliphatic carbocycles. The van der Waals surface area contributed by atoms with Crippen LogP contribution in [0.5, 0.6) is 5.75 Å². The molecule has 1 atom stereocenters. The highest BCUT2D eigenvalue weighted by molar-refractivity contribution is 7.98. The lowest BCUT2D eigenvalue weighted by molar-refractivity contribution is 0.475. The number of phenolic OH excluding ortho intramolecular Hbond substituents is 1. The van der Waals surface area contributed by atoms with Crippen LogP contribution in [-0.2, 0) is 5.75 Å². The Morgan fingerprint density at radius 3 is 2.81 bits per heavy atom. The molecule has 3 N–H and O–H groups in total. The van der Waals surface area contributed by atoms with Gasteiger partial charge in [0.05, 0.1) is 0 Å². The number of hydrogen-bond donors (Lipinski definition) is 3. The van der Waals surface area contributed by atoms with Crippen LogP contribution in [-0.4, -0.2) is 28.4 Å². The Hall–Kier alpha value is -2.17. The molecule has 0 fully saturated rings. The third-order valence-electron chi connectivity index (χ3n) is 5.00. The Bertz CT molecular complexity index is 898. The largest absolute Gasteiger partial charge is 0.508 e. The Morgan fingerprint density at radius 1 is 1.08 bits per heavy atom. The van der Waals surface area contributed by atoms with Crippen LogP contribution >= 0.6 is 11.8 Å². The fraction of sp³-hybridized carbons (Fsp3) is 0.273. The quantitative estimate of drug-likeness (QED) is 0.543. The van der Waals surface area contributed by atoms with Crippen LogP contribution in [0.2, 0.25) is 0 Å². The number of nitrogens with one attached hydrogen (secondary N) is 2. The van der Waals surface area contributed by atoms with E-state index in [9.17, 15) is 5.11 Å². The van der Waals surface area contributed by atoms with E-state index in [1.165, 1.54) is 34.0 Å². The lowest BCUT2D eigenvalue weighted by atomic mass is 9.94. The molecule has 1 aliphatic rings. The molecule has 1 aromatic heterocycles. The lowest BCUT2D eigenvalue weighted by Gasteiger charge is -2.24. The summed E-state index contributed by atoms with van der Waals surface area (Å²) in [4.78, 5) is 3.36. The SMILES string of the molecule is Oc1ccc(C2=CCNC(CCSCc3c[nH]c4ccccc34)C2)cc1. The van der Waals surface area contributed by atoms with Gasteiger partial charge >= 0.3 is 0 Å². The molecule has 26 heavy (non-hydrogen) atoms. The second kappa shape index (κ2) is 8.02. The summed E-state index contributed by atoms with van der Waals surface area (Å²) in [6, 6.07) is 16.6. The normalized spacial score (nSPS) is 17.4. The predicted octanol–water partition coefficient (Wildman–Crippen LogP) is 4.94. The molecule has 0 amide bonds. The number of aromatic hydroxyl groups is 1. The van der Waals surface area contributed by atoms with Crippen molar-refractivity contribution >= 4 is 28.2 Å². The molecule has 0 saturated heterocycles. The number of fused-ring (bicyclic) bond motifs is 1. The van der Waals surface area contributed by atoms with Gasteiger partial charge in [-0.25, -0.2) is 0 Å². The molecule has 4 heteroatoms. The number of aromatic nitrogens is 1. The zero-order valence-electron chi connectivity index (χ0n) is 14.7. The molecule has 3 aromatic rings. The molecule has 134 valence electrons. The van der Waals surface area contributed by atoms with Gasteiger partial charge in [-0.2, -0.15) is 11.8 Å². The van der Waals surface area contributed by atoms with Gasteiger partial charge in [0.15, 0.2) is 0 Å². The third-order valence-corrected chi connectivity index (χ3v) is 6.04. The average molecular weight is 365 g/mol. The summed E-state index contributed by atoms with van der Waals surface area (Å²) < 4.78 is 0. The van der Waals surface area contributed by atoms with Crippen molar-refractivity contribution in [1.29, 1.82) is 0 Å². The summed E-state index contributed by atoms with van der Waals surface area (Å²) in [5, 5.41) is 14.4. The van der Waals surface area contributed by atoms with Gasteiger partial charge in [-0.1, -0.05) is 36.4 Å². The van der Waals surface area contributed by atoms with E-state index in [2.05, 4.69) is 46.8 Å². The van der Waals surface area contributed by atoms with Gasteiger partial charge in [0.1, 0.15) is 5.75 Å². The van der Waals surface area contributed by atoms with Crippen molar-refractivity contribution in [1.82, 2.24) is 10.3 Å². The van der Waals surface area contributed by atoms with E-state index >= 15 is 0 Å². The molecule has 1 unspecified atom stereocenters. The first-order chi connectivity index (χ1) is 12.8. The summed E-state index contributed by atoms with van der Waals surface area (Å²) in [5.74, 6) is 2.53. The van der Waals surface area contributed by atoms with Gasteiger partial charge in [0.25, 0.3) is 0 Å². The van der Waals surface area contributed by atoms with Crippen molar-refractivity contribution < 1.29 is 5.11 Å². The van der Waals surface area contributed by atoms with Crippen LogP contribution in [0, 0.1) is 0 Å². The number of rotatable bonds is 6. The van der Waals surface area contributed by atoms with Crippen LogP contribution in [0.15, 0.2) is 60.8 Å². The second-order valence-electron chi connectivity index (χ2n) is 6.79. The summed E-state index contributed by atoms with van der Waals surface area (Å²) in [6.45, 7) is 0.925. The van der Waals surface area contributed by atoms with Gasteiger partial charge in [-0.05, 0) is 53.5 Å². The van der Waals surface area contributed by atoms with E-state index in [4.69, 9.17) is 0 Å². The molecular formula is C22H24N2OS. The van der Waals surface area contributed by atoms with Crippen molar-refractivity contribution in [2.45, 2.75) is 24.6 Å². The lowest BCUT2D eigenvalue weighted by Crippen LogP contribution is -2.33. The molecule has 0 spiro atoms. The van der Waals surface area contributed by atoms with Crippen LogP contribution in [0.3, 0.4) is 0 Å². The maximum Gasteiger partial charge on any atom is 0.115 e. The van der Waals surface area contributed by atoms with Gasteiger partial charge in [0, 0.05) is 35.4 Å². The van der Waals surface area contributed by atoms with Gasteiger partial charge < -0.3 is 15.4 Å². The van der Waals surface area contributed by atoms with Crippen LogP contribution < -0.4 is 5.32 Å². The number of hydrogen-bond acceptors (Lipinski definition) is 3. The third kappa shape index (κ3) is 3.97. The Kier molecular flexibility index (Phi) is 5.32.